The molecule has 2 rings (SSSR count). The normalized spacial score (nSPS) is 17.6. The third-order valence-electron chi connectivity index (χ3n) is 2.80. The molecule has 0 saturated heterocycles. The van der Waals surface area contributed by atoms with Gasteiger partial charge < -0.3 is 9.84 Å². The fraction of sp³-hybridized carbons (Fsp3) is 0.545. The number of aromatic nitrogens is 2. The van der Waals surface area contributed by atoms with Crippen LogP contribution in [0.15, 0.2) is 4.79 Å². The van der Waals surface area contributed by atoms with Crippen molar-refractivity contribution in [3.8, 4) is 5.75 Å². The standard InChI is InChI=1S/C11H14N2O4/c1-6(14)7-8(15)9(16)13-4-5-17-11(2,3)10(13)12-7/h15H,4-5H2,1-3H3. The molecule has 92 valence electrons. The number of Topliss-reactive ketones (excluding diaryl/α,β-unsaturated/α-hetero) is 1. The van der Waals surface area contributed by atoms with E-state index in [0.717, 1.165) is 0 Å². The summed E-state index contributed by atoms with van der Waals surface area (Å²) in [4.78, 5) is 27.3. The highest BCUT2D eigenvalue weighted by molar-refractivity contribution is 5.94. The molecule has 1 aromatic heterocycles. The molecule has 6 heteroatoms. The molecule has 1 N–H and O–H groups in total. The van der Waals surface area contributed by atoms with Crippen molar-refractivity contribution >= 4 is 5.78 Å². The fourth-order valence-corrected chi connectivity index (χ4v) is 1.91. The molecule has 1 aliphatic rings. The molecule has 0 fully saturated rings. The second-order valence-electron chi connectivity index (χ2n) is 4.50. The minimum atomic E-state index is -0.741. The van der Waals surface area contributed by atoms with Crippen molar-refractivity contribution in [1.82, 2.24) is 9.55 Å². The number of carbonyl (C=O) groups is 1. The maximum absolute atomic E-state index is 11.9. The van der Waals surface area contributed by atoms with E-state index in [1.807, 2.05) is 0 Å². The number of nitrogens with zero attached hydrogens (tertiary/aromatic N) is 2. The molecular formula is C11H14N2O4. The Bertz CT molecular complexity index is 545. The number of fused-ring (bicyclic) bond motifs is 1. The number of hydrogen-bond acceptors (Lipinski definition) is 5. The molecular weight excluding hydrogens is 224 g/mol. The van der Waals surface area contributed by atoms with Crippen LogP contribution in [0.5, 0.6) is 5.75 Å². The van der Waals surface area contributed by atoms with E-state index >= 15 is 0 Å². The molecule has 0 atom stereocenters. The Balaban J connectivity index is 2.78. The minimum Gasteiger partial charge on any atom is -0.501 e. The first kappa shape index (κ1) is 11.8. The van der Waals surface area contributed by atoms with E-state index in [9.17, 15) is 14.7 Å². The van der Waals surface area contributed by atoms with Crippen LogP contribution in [0, 0.1) is 0 Å². The predicted molar refractivity (Wildman–Crippen MR) is 59.1 cm³/mol. The Morgan fingerprint density at radius 1 is 1.53 bits per heavy atom. The SMILES string of the molecule is CC(=O)c1nc2n(c(=O)c1O)CCOC2(C)C. The van der Waals surface area contributed by atoms with E-state index in [0.29, 0.717) is 19.0 Å². The summed E-state index contributed by atoms with van der Waals surface area (Å²) >= 11 is 0. The van der Waals surface area contributed by atoms with Gasteiger partial charge in [-0.25, -0.2) is 4.98 Å². The Labute approximate surface area is 97.9 Å². The molecule has 0 aliphatic carbocycles. The van der Waals surface area contributed by atoms with Crippen LogP contribution in [0.4, 0.5) is 0 Å². The zero-order valence-corrected chi connectivity index (χ0v) is 9.98. The minimum absolute atomic E-state index is 0.195. The first-order valence-electron chi connectivity index (χ1n) is 5.34. The Morgan fingerprint density at radius 2 is 2.18 bits per heavy atom. The van der Waals surface area contributed by atoms with Crippen molar-refractivity contribution in [3.05, 3.63) is 21.9 Å². The Kier molecular flexibility index (Phi) is 2.54. The molecule has 17 heavy (non-hydrogen) atoms. The number of ketones is 1. The van der Waals surface area contributed by atoms with Gasteiger partial charge in [-0.1, -0.05) is 0 Å². The number of ether oxygens (including phenoxy) is 1. The Hall–Kier alpha value is -1.69. The molecule has 1 aliphatic heterocycles. The van der Waals surface area contributed by atoms with E-state index in [1.54, 1.807) is 13.8 Å². The summed E-state index contributed by atoms with van der Waals surface area (Å²) in [6.45, 7) is 5.50. The number of rotatable bonds is 1. The molecule has 0 saturated carbocycles. The van der Waals surface area contributed by atoms with Gasteiger partial charge in [0.2, 0.25) is 5.75 Å². The molecule has 0 spiro atoms. The van der Waals surface area contributed by atoms with Gasteiger partial charge in [0.25, 0.3) is 5.56 Å². The van der Waals surface area contributed by atoms with Crippen LogP contribution in [0.25, 0.3) is 0 Å². The maximum Gasteiger partial charge on any atom is 0.296 e. The van der Waals surface area contributed by atoms with Gasteiger partial charge in [0.1, 0.15) is 11.4 Å². The summed E-state index contributed by atoms with van der Waals surface area (Å²) in [6, 6.07) is 0. The first-order chi connectivity index (χ1) is 7.84. The molecule has 2 heterocycles. The first-order valence-corrected chi connectivity index (χ1v) is 5.34. The van der Waals surface area contributed by atoms with Crippen molar-refractivity contribution in [2.45, 2.75) is 32.9 Å². The second-order valence-corrected chi connectivity index (χ2v) is 4.50. The van der Waals surface area contributed by atoms with Crippen LogP contribution in [0.3, 0.4) is 0 Å². The maximum atomic E-state index is 11.9. The van der Waals surface area contributed by atoms with E-state index in [2.05, 4.69) is 4.98 Å². The second kappa shape index (κ2) is 3.66. The van der Waals surface area contributed by atoms with Crippen molar-refractivity contribution in [2.24, 2.45) is 0 Å². The van der Waals surface area contributed by atoms with Gasteiger partial charge in [-0.2, -0.15) is 0 Å². The van der Waals surface area contributed by atoms with Crippen molar-refractivity contribution in [1.29, 1.82) is 0 Å². The molecule has 0 radical (unpaired) electrons. The third-order valence-corrected chi connectivity index (χ3v) is 2.80. The van der Waals surface area contributed by atoms with Gasteiger partial charge in [-0.3, -0.25) is 14.2 Å². The van der Waals surface area contributed by atoms with Crippen LogP contribution in [-0.4, -0.2) is 27.0 Å². The summed E-state index contributed by atoms with van der Waals surface area (Å²) in [5.74, 6) is -0.653. The van der Waals surface area contributed by atoms with Crippen molar-refractivity contribution in [3.63, 3.8) is 0 Å². The van der Waals surface area contributed by atoms with Crippen LogP contribution >= 0.6 is 0 Å². The van der Waals surface area contributed by atoms with Gasteiger partial charge in [0.15, 0.2) is 11.5 Å². The fourth-order valence-electron chi connectivity index (χ4n) is 1.91. The van der Waals surface area contributed by atoms with E-state index in [-0.39, 0.29) is 5.69 Å². The van der Waals surface area contributed by atoms with Gasteiger partial charge in [0, 0.05) is 6.92 Å². The summed E-state index contributed by atoms with van der Waals surface area (Å²) in [7, 11) is 0. The monoisotopic (exact) mass is 238 g/mol. The molecule has 0 aromatic carbocycles. The highest BCUT2D eigenvalue weighted by Crippen LogP contribution is 2.27. The van der Waals surface area contributed by atoms with E-state index in [4.69, 9.17) is 4.74 Å². The lowest BCUT2D eigenvalue weighted by Crippen LogP contribution is -2.41. The number of hydrogen-bond donors (Lipinski definition) is 1. The quantitative estimate of drug-likeness (QED) is 0.717. The highest BCUT2D eigenvalue weighted by atomic mass is 16.5. The average molecular weight is 238 g/mol. The molecule has 0 amide bonds. The largest absolute Gasteiger partial charge is 0.501 e. The van der Waals surface area contributed by atoms with Crippen LogP contribution in [0.1, 0.15) is 37.1 Å². The van der Waals surface area contributed by atoms with Gasteiger partial charge in [0.05, 0.1) is 13.2 Å². The lowest BCUT2D eigenvalue weighted by atomic mass is 10.1. The zero-order chi connectivity index (χ0) is 12.8. The molecule has 0 unspecified atom stereocenters. The Morgan fingerprint density at radius 3 is 2.76 bits per heavy atom. The summed E-state index contributed by atoms with van der Waals surface area (Å²) in [6.07, 6.45) is 0. The van der Waals surface area contributed by atoms with Crippen LogP contribution in [-0.2, 0) is 16.9 Å². The summed E-state index contributed by atoms with van der Waals surface area (Å²) in [5, 5.41) is 9.64. The third kappa shape index (κ3) is 1.74. The smallest absolute Gasteiger partial charge is 0.296 e. The lowest BCUT2D eigenvalue weighted by Gasteiger charge is -2.32. The van der Waals surface area contributed by atoms with E-state index < -0.39 is 22.7 Å². The lowest BCUT2D eigenvalue weighted by molar-refractivity contribution is -0.0566. The number of carbonyl (C=O) groups excluding carboxylic acids is 1. The van der Waals surface area contributed by atoms with Crippen molar-refractivity contribution < 1.29 is 14.6 Å². The summed E-state index contributed by atoms with van der Waals surface area (Å²) < 4.78 is 6.86. The van der Waals surface area contributed by atoms with Crippen LogP contribution in [0.2, 0.25) is 0 Å². The molecule has 0 bridgehead atoms. The van der Waals surface area contributed by atoms with Crippen molar-refractivity contribution in [2.75, 3.05) is 6.61 Å². The summed E-state index contributed by atoms with van der Waals surface area (Å²) in [5.41, 5.74) is -1.52. The van der Waals surface area contributed by atoms with E-state index in [1.165, 1.54) is 11.5 Å². The highest BCUT2D eigenvalue weighted by Gasteiger charge is 2.33. The van der Waals surface area contributed by atoms with Crippen LogP contribution < -0.4 is 5.56 Å². The molecule has 1 aromatic rings. The van der Waals surface area contributed by atoms with Gasteiger partial charge in [-0.05, 0) is 13.8 Å². The zero-order valence-electron chi connectivity index (χ0n) is 9.98. The van der Waals surface area contributed by atoms with Gasteiger partial charge in [-0.15, -0.1) is 0 Å². The van der Waals surface area contributed by atoms with Gasteiger partial charge >= 0.3 is 0 Å². The molecule has 6 nitrogen and oxygen atoms in total. The topological polar surface area (TPSA) is 81.4 Å². The average Bonchev–Trinajstić information content (AvgIpc) is 2.22. The number of aromatic hydroxyl groups is 1. The predicted octanol–water partition coefficient (Wildman–Crippen LogP) is 0.417.